The lowest BCUT2D eigenvalue weighted by atomic mass is 10.3. The van der Waals surface area contributed by atoms with Crippen molar-refractivity contribution in [3.63, 3.8) is 0 Å². The Bertz CT molecular complexity index is 742. The second-order valence-electron chi connectivity index (χ2n) is 5.46. The third-order valence-corrected chi connectivity index (χ3v) is 5.46. The number of nitrogens with one attached hydrogen (secondary N) is 2. The zero-order valence-corrected chi connectivity index (χ0v) is 14.5. The Morgan fingerprint density at radius 3 is 2.82 bits per heavy atom. The highest BCUT2D eigenvalue weighted by atomic mass is 35.5. The SMILES string of the molecule is CC(C)N(C)S(=O)(=O)NCCCc1nc2ccc(Cl)cc2[nH]1. The van der Waals surface area contributed by atoms with Gasteiger partial charge in [0, 0.05) is 31.1 Å². The van der Waals surface area contributed by atoms with Crippen molar-refractivity contribution in [1.82, 2.24) is 19.0 Å². The molecule has 0 aliphatic rings. The first-order valence-corrected chi connectivity index (χ1v) is 8.98. The Balaban J connectivity index is 1.88. The fraction of sp³-hybridized carbons (Fsp3) is 0.500. The molecular formula is C14H21ClN4O2S. The molecule has 0 aliphatic heterocycles. The van der Waals surface area contributed by atoms with Crippen LogP contribution in [-0.2, 0) is 16.6 Å². The summed E-state index contributed by atoms with van der Waals surface area (Å²) in [4.78, 5) is 7.64. The summed E-state index contributed by atoms with van der Waals surface area (Å²) in [7, 11) is -1.84. The van der Waals surface area contributed by atoms with Gasteiger partial charge in [-0.25, -0.2) is 9.71 Å². The van der Waals surface area contributed by atoms with E-state index in [9.17, 15) is 8.42 Å². The van der Waals surface area contributed by atoms with E-state index in [0.717, 1.165) is 16.9 Å². The molecule has 2 rings (SSSR count). The van der Waals surface area contributed by atoms with Crippen LogP contribution in [0.4, 0.5) is 0 Å². The molecule has 0 amide bonds. The molecule has 0 saturated heterocycles. The van der Waals surface area contributed by atoms with Crippen LogP contribution in [0, 0.1) is 0 Å². The Hall–Kier alpha value is -1.15. The monoisotopic (exact) mass is 344 g/mol. The van der Waals surface area contributed by atoms with Crippen LogP contribution < -0.4 is 4.72 Å². The van der Waals surface area contributed by atoms with E-state index in [1.807, 2.05) is 26.0 Å². The van der Waals surface area contributed by atoms with Crippen molar-refractivity contribution in [3.05, 3.63) is 29.0 Å². The maximum absolute atomic E-state index is 11.9. The predicted octanol–water partition coefficient (Wildman–Crippen LogP) is 2.32. The lowest BCUT2D eigenvalue weighted by Crippen LogP contribution is -2.42. The average Bonchev–Trinajstić information content (AvgIpc) is 2.84. The molecule has 122 valence electrons. The molecule has 0 fully saturated rings. The number of halogens is 1. The highest BCUT2D eigenvalue weighted by Gasteiger charge is 2.19. The van der Waals surface area contributed by atoms with Gasteiger partial charge in [-0.05, 0) is 38.5 Å². The molecule has 2 N–H and O–H groups in total. The number of benzene rings is 1. The second-order valence-corrected chi connectivity index (χ2v) is 7.71. The van der Waals surface area contributed by atoms with Gasteiger partial charge in [0.25, 0.3) is 10.2 Å². The lowest BCUT2D eigenvalue weighted by molar-refractivity contribution is 0.402. The summed E-state index contributed by atoms with van der Waals surface area (Å²) in [5.74, 6) is 0.827. The van der Waals surface area contributed by atoms with Gasteiger partial charge >= 0.3 is 0 Å². The fourth-order valence-electron chi connectivity index (χ4n) is 1.99. The van der Waals surface area contributed by atoms with Gasteiger partial charge in [-0.15, -0.1) is 0 Å². The van der Waals surface area contributed by atoms with E-state index >= 15 is 0 Å². The molecule has 2 aromatic rings. The predicted molar refractivity (Wildman–Crippen MR) is 89.2 cm³/mol. The molecule has 1 aromatic heterocycles. The summed E-state index contributed by atoms with van der Waals surface area (Å²) in [5.41, 5.74) is 1.75. The van der Waals surface area contributed by atoms with E-state index in [-0.39, 0.29) is 6.04 Å². The molecule has 8 heteroatoms. The number of aryl methyl sites for hydroxylation is 1. The molecule has 1 aromatic carbocycles. The minimum Gasteiger partial charge on any atom is -0.342 e. The van der Waals surface area contributed by atoms with E-state index in [0.29, 0.717) is 24.4 Å². The van der Waals surface area contributed by atoms with Crippen LogP contribution in [0.1, 0.15) is 26.1 Å². The van der Waals surface area contributed by atoms with Crippen LogP contribution in [0.3, 0.4) is 0 Å². The molecule has 0 saturated carbocycles. The first-order valence-electron chi connectivity index (χ1n) is 7.16. The van der Waals surface area contributed by atoms with Crippen molar-refractivity contribution in [3.8, 4) is 0 Å². The van der Waals surface area contributed by atoms with Crippen LogP contribution >= 0.6 is 11.6 Å². The second kappa shape index (κ2) is 6.95. The smallest absolute Gasteiger partial charge is 0.279 e. The maximum atomic E-state index is 11.9. The van der Waals surface area contributed by atoms with Gasteiger partial charge in [-0.2, -0.15) is 12.7 Å². The molecule has 1 heterocycles. The van der Waals surface area contributed by atoms with E-state index < -0.39 is 10.2 Å². The topological polar surface area (TPSA) is 78.1 Å². The summed E-state index contributed by atoms with van der Waals surface area (Å²) >= 11 is 5.93. The number of imidazole rings is 1. The van der Waals surface area contributed by atoms with E-state index in [1.165, 1.54) is 4.31 Å². The highest BCUT2D eigenvalue weighted by molar-refractivity contribution is 7.87. The maximum Gasteiger partial charge on any atom is 0.279 e. The minimum absolute atomic E-state index is 0.0716. The quantitative estimate of drug-likeness (QED) is 0.757. The number of hydrogen-bond acceptors (Lipinski definition) is 3. The molecular weight excluding hydrogens is 324 g/mol. The van der Waals surface area contributed by atoms with Crippen molar-refractivity contribution >= 4 is 32.8 Å². The zero-order chi connectivity index (χ0) is 16.3. The number of nitrogens with zero attached hydrogens (tertiary/aromatic N) is 2. The molecule has 0 atom stereocenters. The van der Waals surface area contributed by atoms with E-state index in [1.54, 1.807) is 13.1 Å². The van der Waals surface area contributed by atoms with Crippen molar-refractivity contribution in [2.24, 2.45) is 0 Å². The van der Waals surface area contributed by atoms with Crippen LogP contribution in [0.15, 0.2) is 18.2 Å². The molecule has 0 aliphatic carbocycles. The Kier molecular flexibility index (Phi) is 5.44. The minimum atomic E-state index is -3.41. The summed E-state index contributed by atoms with van der Waals surface area (Å²) in [5, 5.41) is 0.659. The van der Waals surface area contributed by atoms with Gasteiger partial charge < -0.3 is 4.98 Å². The third kappa shape index (κ3) is 4.19. The van der Waals surface area contributed by atoms with Crippen molar-refractivity contribution in [2.75, 3.05) is 13.6 Å². The Labute approximate surface area is 136 Å². The van der Waals surface area contributed by atoms with Crippen molar-refractivity contribution in [1.29, 1.82) is 0 Å². The van der Waals surface area contributed by atoms with Gasteiger partial charge in [0.05, 0.1) is 11.0 Å². The number of fused-ring (bicyclic) bond motifs is 1. The summed E-state index contributed by atoms with van der Waals surface area (Å²) < 4.78 is 27.8. The van der Waals surface area contributed by atoms with Gasteiger partial charge in [0.1, 0.15) is 5.82 Å². The van der Waals surface area contributed by atoms with Crippen molar-refractivity contribution in [2.45, 2.75) is 32.7 Å². The number of aromatic nitrogens is 2. The van der Waals surface area contributed by atoms with E-state index in [2.05, 4.69) is 14.7 Å². The Morgan fingerprint density at radius 2 is 2.14 bits per heavy atom. The molecule has 0 spiro atoms. The van der Waals surface area contributed by atoms with Gasteiger partial charge in [-0.3, -0.25) is 0 Å². The largest absolute Gasteiger partial charge is 0.342 e. The zero-order valence-electron chi connectivity index (χ0n) is 12.9. The first kappa shape index (κ1) is 17.2. The van der Waals surface area contributed by atoms with Crippen LogP contribution in [0.5, 0.6) is 0 Å². The van der Waals surface area contributed by atoms with Gasteiger partial charge in [0.15, 0.2) is 0 Å². The number of aromatic amines is 1. The summed E-state index contributed by atoms with van der Waals surface area (Å²) in [6.07, 6.45) is 1.33. The fourth-order valence-corrected chi connectivity index (χ4v) is 3.32. The number of H-pyrrole nitrogens is 1. The van der Waals surface area contributed by atoms with Crippen molar-refractivity contribution < 1.29 is 8.42 Å². The third-order valence-electron chi connectivity index (χ3n) is 3.47. The Morgan fingerprint density at radius 1 is 1.41 bits per heavy atom. The summed E-state index contributed by atoms with van der Waals surface area (Å²) in [6.45, 7) is 4.04. The first-order chi connectivity index (χ1) is 10.3. The van der Waals surface area contributed by atoms with Crippen LogP contribution in [0.2, 0.25) is 5.02 Å². The number of hydrogen-bond donors (Lipinski definition) is 2. The van der Waals surface area contributed by atoms with Crippen LogP contribution in [-0.4, -0.2) is 42.3 Å². The normalized spacial score (nSPS) is 12.6. The standard InChI is InChI=1S/C14H21ClN4O2S/c1-10(2)19(3)22(20,21)16-8-4-5-14-17-12-7-6-11(15)9-13(12)18-14/h6-7,9-10,16H,4-5,8H2,1-3H3,(H,17,18). The molecule has 22 heavy (non-hydrogen) atoms. The molecule has 6 nitrogen and oxygen atoms in total. The van der Waals surface area contributed by atoms with Gasteiger partial charge in [-0.1, -0.05) is 11.6 Å². The number of rotatable bonds is 7. The highest BCUT2D eigenvalue weighted by Crippen LogP contribution is 2.17. The summed E-state index contributed by atoms with van der Waals surface area (Å²) in [6, 6.07) is 5.41. The lowest BCUT2D eigenvalue weighted by Gasteiger charge is -2.21. The molecule has 0 radical (unpaired) electrons. The van der Waals surface area contributed by atoms with Crippen LogP contribution in [0.25, 0.3) is 11.0 Å². The molecule has 0 bridgehead atoms. The van der Waals surface area contributed by atoms with Gasteiger partial charge in [0.2, 0.25) is 0 Å². The average molecular weight is 345 g/mol. The molecule has 0 unspecified atom stereocenters. The van der Waals surface area contributed by atoms with E-state index in [4.69, 9.17) is 11.6 Å².